The Morgan fingerprint density at radius 3 is 2.70 bits per heavy atom. The normalized spacial score (nSPS) is 12.4. The van der Waals surface area contributed by atoms with Gasteiger partial charge in [0.25, 0.3) is 5.91 Å². The van der Waals surface area contributed by atoms with Crippen LogP contribution in [-0.4, -0.2) is 33.2 Å². The first kappa shape index (κ1) is 17.2. The number of nitrogens with one attached hydrogen (secondary N) is 1. The van der Waals surface area contributed by atoms with Crippen LogP contribution in [0.1, 0.15) is 42.0 Å². The summed E-state index contributed by atoms with van der Waals surface area (Å²) < 4.78 is 1.97. The molecule has 0 aromatic carbocycles. The van der Waals surface area contributed by atoms with Gasteiger partial charge in [0.2, 0.25) is 0 Å². The number of aliphatic hydroxyl groups excluding tert-OH is 1. The predicted molar refractivity (Wildman–Crippen MR) is 90.8 cm³/mol. The molecule has 2 aromatic heterocycles. The molecule has 0 aliphatic heterocycles. The Kier molecular flexibility index (Phi) is 5.55. The molecule has 2 N–H and O–H groups in total. The standard InChI is InChI=1S/C18H25N3O2/c1-12(2)16(22)8-10-20-18(23)15-11-13(3)21(14(15)4)17-7-5-6-9-19-17/h5-7,9,11-12,16,22H,8,10H2,1-4H3,(H,20,23). The first-order chi connectivity index (χ1) is 10.9. The fourth-order valence-electron chi connectivity index (χ4n) is 2.59. The maximum Gasteiger partial charge on any atom is 0.253 e. The van der Waals surface area contributed by atoms with Crippen LogP contribution < -0.4 is 5.32 Å². The van der Waals surface area contributed by atoms with E-state index in [9.17, 15) is 9.90 Å². The van der Waals surface area contributed by atoms with Crippen molar-refractivity contribution in [3.63, 3.8) is 0 Å². The van der Waals surface area contributed by atoms with E-state index >= 15 is 0 Å². The molecule has 1 atom stereocenters. The summed E-state index contributed by atoms with van der Waals surface area (Å²) in [6.45, 7) is 8.27. The monoisotopic (exact) mass is 315 g/mol. The van der Waals surface area contributed by atoms with Gasteiger partial charge in [0, 0.05) is 24.1 Å². The third-order valence-electron chi connectivity index (χ3n) is 4.05. The van der Waals surface area contributed by atoms with E-state index in [-0.39, 0.29) is 11.8 Å². The van der Waals surface area contributed by atoms with Crippen LogP contribution in [0.2, 0.25) is 0 Å². The number of rotatable bonds is 6. The summed E-state index contributed by atoms with van der Waals surface area (Å²) in [7, 11) is 0. The van der Waals surface area contributed by atoms with Crippen molar-refractivity contribution < 1.29 is 9.90 Å². The molecule has 0 saturated heterocycles. The molecule has 2 aromatic rings. The highest BCUT2D eigenvalue weighted by Gasteiger charge is 2.17. The van der Waals surface area contributed by atoms with Gasteiger partial charge in [0.15, 0.2) is 0 Å². The average molecular weight is 315 g/mol. The van der Waals surface area contributed by atoms with Crippen molar-refractivity contribution in [2.24, 2.45) is 5.92 Å². The minimum atomic E-state index is -0.392. The molecule has 1 amide bonds. The Labute approximate surface area is 137 Å². The molecule has 5 nitrogen and oxygen atoms in total. The lowest BCUT2D eigenvalue weighted by Gasteiger charge is -2.14. The summed E-state index contributed by atoms with van der Waals surface area (Å²) in [6, 6.07) is 7.58. The zero-order valence-electron chi connectivity index (χ0n) is 14.2. The Bertz CT molecular complexity index is 662. The lowest BCUT2D eigenvalue weighted by Crippen LogP contribution is -2.29. The van der Waals surface area contributed by atoms with Crippen molar-refractivity contribution in [1.29, 1.82) is 0 Å². The SMILES string of the molecule is Cc1cc(C(=O)NCCC(O)C(C)C)c(C)n1-c1ccccn1. The number of aromatic nitrogens is 2. The second kappa shape index (κ2) is 7.42. The molecule has 5 heteroatoms. The average Bonchev–Trinajstić information content (AvgIpc) is 2.82. The van der Waals surface area contributed by atoms with Gasteiger partial charge in [-0.25, -0.2) is 4.98 Å². The minimum Gasteiger partial charge on any atom is -0.393 e. The minimum absolute atomic E-state index is 0.115. The Morgan fingerprint density at radius 2 is 2.09 bits per heavy atom. The van der Waals surface area contributed by atoms with Crippen LogP contribution in [0.4, 0.5) is 0 Å². The number of carbonyl (C=O) groups is 1. The van der Waals surface area contributed by atoms with E-state index in [2.05, 4.69) is 10.3 Å². The molecular formula is C18H25N3O2. The van der Waals surface area contributed by atoms with E-state index in [0.717, 1.165) is 17.2 Å². The molecule has 1 unspecified atom stereocenters. The zero-order chi connectivity index (χ0) is 17.0. The lowest BCUT2D eigenvalue weighted by atomic mass is 10.0. The van der Waals surface area contributed by atoms with Crippen molar-refractivity contribution >= 4 is 5.91 Å². The van der Waals surface area contributed by atoms with Crippen molar-refractivity contribution in [1.82, 2.24) is 14.9 Å². The van der Waals surface area contributed by atoms with E-state index in [4.69, 9.17) is 0 Å². The number of carbonyl (C=O) groups excluding carboxylic acids is 1. The second-order valence-electron chi connectivity index (χ2n) is 6.16. The van der Waals surface area contributed by atoms with Crippen molar-refractivity contribution in [2.75, 3.05) is 6.54 Å². The van der Waals surface area contributed by atoms with E-state index in [1.54, 1.807) is 6.20 Å². The van der Waals surface area contributed by atoms with E-state index in [0.29, 0.717) is 18.5 Å². The molecule has 23 heavy (non-hydrogen) atoms. The summed E-state index contributed by atoms with van der Waals surface area (Å²) in [5, 5.41) is 12.7. The fourth-order valence-corrected chi connectivity index (χ4v) is 2.59. The molecular weight excluding hydrogens is 290 g/mol. The van der Waals surface area contributed by atoms with Crippen LogP contribution in [0.25, 0.3) is 5.82 Å². The van der Waals surface area contributed by atoms with Gasteiger partial charge in [-0.15, -0.1) is 0 Å². The number of nitrogens with zero attached hydrogens (tertiary/aromatic N) is 2. The van der Waals surface area contributed by atoms with Crippen molar-refractivity contribution in [2.45, 2.75) is 40.2 Å². The Balaban J connectivity index is 2.11. The lowest BCUT2D eigenvalue weighted by molar-refractivity contribution is 0.0919. The van der Waals surface area contributed by atoms with Gasteiger partial charge in [-0.1, -0.05) is 19.9 Å². The smallest absolute Gasteiger partial charge is 0.253 e. The van der Waals surface area contributed by atoms with Crippen LogP contribution in [0, 0.1) is 19.8 Å². The van der Waals surface area contributed by atoms with Gasteiger partial charge in [-0.2, -0.15) is 0 Å². The zero-order valence-corrected chi connectivity index (χ0v) is 14.2. The van der Waals surface area contributed by atoms with Crippen LogP contribution in [0.5, 0.6) is 0 Å². The number of hydrogen-bond acceptors (Lipinski definition) is 3. The highest BCUT2D eigenvalue weighted by atomic mass is 16.3. The molecule has 0 aliphatic rings. The summed E-state index contributed by atoms with van der Waals surface area (Å²) in [4.78, 5) is 16.7. The second-order valence-corrected chi connectivity index (χ2v) is 6.16. The molecule has 0 spiro atoms. The van der Waals surface area contributed by atoms with Gasteiger partial charge in [0.05, 0.1) is 11.7 Å². The first-order valence-corrected chi connectivity index (χ1v) is 7.98. The van der Waals surface area contributed by atoms with E-state index in [1.165, 1.54) is 0 Å². The largest absolute Gasteiger partial charge is 0.393 e. The van der Waals surface area contributed by atoms with E-state index in [1.807, 2.05) is 56.5 Å². The molecule has 124 valence electrons. The summed E-state index contributed by atoms with van der Waals surface area (Å²) in [5.74, 6) is 0.883. The quantitative estimate of drug-likeness (QED) is 0.861. The predicted octanol–water partition coefficient (Wildman–Crippen LogP) is 2.63. The van der Waals surface area contributed by atoms with E-state index < -0.39 is 6.10 Å². The van der Waals surface area contributed by atoms with Gasteiger partial charge in [0.1, 0.15) is 5.82 Å². The maximum atomic E-state index is 12.4. The molecule has 0 bridgehead atoms. The Morgan fingerprint density at radius 1 is 1.35 bits per heavy atom. The number of amides is 1. The molecule has 0 saturated carbocycles. The number of pyridine rings is 1. The highest BCUT2D eigenvalue weighted by Crippen LogP contribution is 2.19. The van der Waals surface area contributed by atoms with Crippen LogP contribution in [0.15, 0.2) is 30.5 Å². The topological polar surface area (TPSA) is 67.2 Å². The molecule has 0 fully saturated rings. The Hall–Kier alpha value is -2.14. The summed E-state index contributed by atoms with van der Waals surface area (Å²) in [6.07, 6.45) is 1.90. The summed E-state index contributed by atoms with van der Waals surface area (Å²) >= 11 is 0. The van der Waals surface area contributed by atoms with Gasteiger partial charge in [-0.3, -0.25) is 4.79 Å². The molecule has 2 heterocycles. The molecule has 0 radical (unpaired) electrons. The number of aliphatic hydroxyl groups is 1. The van der Waals surface area contributed by atoms with Gasteiger partial charge in [-0.05, 0) is 44.4 Å². The van der Waals surface area contributed by atoms with Gasteiger partial charge >= 0.3 is 0 Å². The third-order valence-corrected chi connectivity index (χ3v) is 4.05. The first-order valence-electron chi connectivity index (χ1n) is 7.98. The number of aryl methyl sites for hydroxylation is 1. The number of hydrogen-bond donors (Lipinski definition) is 2. The molecule has 0 aliphatic carbocycles. The highest BCUT2D eigenvalue weighted by molar-refractivity contribution is 5.95. The fraction of sp³-hybridized carbons (Fsp3) is 0.444. The van der Waals surface area contributed by atoms with Gasteiger partial charge < -0.3 is 15.0 Å². The third kappa shape index (κ3) is 3.99. The van der Waals surface area contributed by atoms with Crippen LogP contribution in [-0.2, 0) is 0 Å². The van der Waals surface area contributed by atoms with Crippen LogP contribution >= 0.6 is 0 Å². The van der Waals surface area contributed by atoms with Crippen molar-refractivity contribution in [3.05, 3.63) is 47.4 Å². The molecule has 2 rings (SSSR count). The maximum absolute atomic E-state index is 12.4. The summed E-state index contributed by atoms with van der Waals surface area (Å²) in [5.41, 5.74) is 2.48. The van der Waals surface area contributed by atoms with Crippen LogP contribution in [0.3, 0.4) is 0 Å². The van der Waals surface area contributed by atoms with Crippen molar-refractivity contribution in [3.8, 4) is 5.82 Å².